The molecule has 1 fully saturated rings. The van der Waals surface area contributed by atoms with Gasteiger partial charge in [0.15, 0.2) is 6.17 Å². The van der Waals surface area contributed by atoms with Gasteiger partial charge in [0.2, 0.25) is 6.29 Å². The second-order valence-corrected chi connectivity index (χ2v) is 3.26. The Morgan fingerprint density at radius 2 is 2.07 bits per heavy atom. The zero-order chi connectivity index (χ0) is 11.6. The lowest BCUT2D eigenvalue weighted by Gasteiger charge is -2.37. The molecule has 7 heteroatoms. The van der Waals surface area contributed by atoms with E-state index in [1.54, 1.807) is 0 Å². The third kappa shape index (κ3) is 2.63. The molecule has 1 heterocycles. The molecule has 0 radical (unpaired) electrons. The number of ether oxygens (including phenoxy) is 2. The van der Waals surface area contributed by atoms with Crippen molar-refractivity contribution in [3.8, 4) is 0 Å². The van der Waals surface area contributed by atoms with Crippen LogP contribution in [0.4, 0.5) is 4.39 Å². The highest BCUT2D eigenvalue weighted by Gasteiger charge is 2.46. The summed E-state index contributed by atoms with van der Waals surface area (Å²) in [5, 5.41) is 27.2. The Labute approximate surface area is 85.2 Å². The first-order valence-electron chi connectivity index (χ1n) is 4.41. The summed E-state index contributed by atoms with van der Waals surface area (Å²) in [5.41, 5.74) is 0. The van der Waals surface area contributed by atoms with Gasteiger partial charge in [-0.2, -0.15) is 0 Å². The lowest BCUT2D eigenvalue weighted by Crippen LogP contribution is -2.57. The maximum Gasteiger partial charge on any atom is 0.305 e. The van der Waals surface area contributed by atoms with Gasteiger partial charge in [-0.3, -0.25) is 4.79 Å². The van der Waals surface area contributed by atoms with Crippen molar-refractivity contribution >= 4 is 5.97 Å². The Morgan fingerprint density at radius 3 is 2.53 bits per heavy atom. The number of aliphatic hydroxyl groups excluding tert-OH is 3. The lowest BCUT2D eigenvalue weighted by molar-refractivity contribution is -0.278. The highest BCUT2D eigenvalue weighted by atomic mass is 19.1. The summed E-state index contributed by atoms with van der Waals surface area (Å²) in [6.07, 6.45) is -8.10. The maximum atomic E-state index is 13.3. The maximum absolute atomic E-state index is 13.3. The first kappa shape index (κ1) is 12.3. The van der Waals surface area contributed by atoms with Crippen LogP contribution in [0.25, 0.3) is 0 Å². The van der Waals surface area contributed by atoms with Gasteiger partial charge in [-0.1, -0.05) is 0 Å². The number of hydrogen-bond acceptors (Lipinski definition) is 6. The number of alkyl halides is 1. The van der Waals surface area contributed by atoms with Crippen molar-refractivity contribution < 1.29 is 34.0 Å². The first-order chi connectivity index (χ1) is 6.97. The second-order valence-electron chi connectivity index (χ2n) is 3.26. The summed E-state index contributed by atoms with van der Waals surface area (Å²) in [6, 6.07) is 0. The van der Waals surface area contributed by atoms with Crippen LogP contribution in [0.15, 0.2) is 0 Å². The largest absolute Gasteiger partial charge is 0.433 e. The van der Waals surface area contributed by atoms with E-state index in [1.807, 2.05) is 0 Å². The summed E-state index contributed by atoms with van der Waals surface area (Å²) in [4.78, 5) is 10.6. The predicted molar refractivity (Wildman–Crippen MR) is 44.4 cm³/mol. The van der Waals surface area contributed by atoms with Gasteiger partial charge < -0.3 is 24.8 Å². The summed E-state index contributed by atoms with van der Waals surface area (Å²) in [5.74, 6) is -0.775. The van der Waals surface area contributed by atoms with E-state index in [0.29, 0.717) is 0 Å². The molecule has 6 nitrogen and oxygen atoms in total. The van der Waals surface area contributed by atoms with Crippen molar-refractivity contribution in [2.45, 2.75) is 37.7 Å². The first-order valence-corrected chi connectivity index (χ1v) is 4.41. The van der Waals surface area contributed by atoms with Crippen molar-refractivity contribution in [2.24, 2.45) is 0 Å². The van der Waals surface area contributed by atoms with Crippen LogP contribution < -0.4 is 0 Å². The highest BCUT2D eigenvalue weighted by molar-refractivity contribution is 5.66. The van der Waals surface area contributed by atoms with Gasteiger partial charge in [0, 0.05) is 6.92 Å². The normalized spacial score (nSPS) is 41.3. The Morgan fingerprint density at radius 1 is 1.47 bits per heavy atom. The molecule has 0 aromatic carbocycles. The van der Waals surface area contributed by atoms with E-state index >= 15 is 0 Å². The van der Waals surface area contributed by atoms with Gasteiger partial charge in [0.1, 0.15) is 18.3 Å². The molecule has 3 N–H and O–H groups in total. The third-order valence-corrected chi connectivity index (χ3v) is 2.09. The summed E-state index contributed by atoms with van der Waals surface area (Å²) >= 11 is 0. The Kier molecular flexibility index (Phi) is 3.97. The second kappa shape index (κ2) is 4.84. The van der Waals surface area contributed by atoms with E-state index in [1.165, 1.54) is 0 Å². The average Bonchev–Trinajstić information content (AvgIpc) is 2.18. The number of hydrogen-bond donors (Lipinski definition) is 3. The summed E-state index contributed by atoms with van der Waals surface area (Å²) in [7, 11) is 0. The minimum absolute atomic E-state index is 0.608. The minimum Gasteiger partial charge on any atom is -0.433 e. The molecule has 0 unspecified atom stereocenters. The van der Waals surface area contributed by atoms with E-state index < -0.39 is 43.3 Å². The number of carbonyl (C=O) groups is 1. The fraction of sp³-hybridized carbons (Fsp3) is 0.875. The highest BCUT2D eigenvalue weighted by Crippen LogP contribution is 2.24. The van der Waals surface area contributed by atoms with Gasteiger partial charge >= 0.3 is 5.97 Å². The monoisotopic (exact) mass is 224 g/mol. The van der Waals surface area contributed by atoms with Crippen molar-refractivity contribution in [2.75, 3.05) is 6.61 Å². The van der Waals surface area contributed by atoms with Crippen molar-refractivity contribution in [3.05, 3.63) is 0 Å². The van der Waals surface area contributed by atoms with Crippen LogP contribution in [0.5, 0.6) is 0 Å². The quantitative estimate of drug-likeness (QED) is 0.485. The number of carbonyl (C=O) groups excluding carboxylic acids is 1. The molecule has 1 aliphatic rings. The molecule has 0 spiro atoms. The molecule has 0 amide bonds. The number of aliphatic hydroxyl groups is 3. The van der Waals surface area contributed by atoms with Crippen LogP contribution in [-0.2, 0) is 14.3 Å². The van der Waals surface area contributed by atoms with E-state index in [2.05, 4.69) is 4.74 Å². The van der Waals surface area contributed by atoms with E-state index in [0.717, 1.165) is 6.92 Å². The van der Waals surface area contributed by atoms with Crippen LogP contribution in [0.3, 0.4) is 0 Å². The third-order valence-electron chi connectivity index (χ3n) is 2.09. The van der Waals surface area contributed by atoms with Gasteiger partial charge in [0.05, 0.1) is 6.61 Å². The SMILES string of the molecule is CC(=O)O[C@H]1O[C@H](CO)[C@H](O)[C@H](O)[C@@H]1F. The molecule has 0 aliphatic carbocycles. The Bertz CT molecular complexity index is 233. The zero-order valence-corrected chi connectivity index (χ0v) is 8.04. The smallest absolute Gasteiger partial charge is 0.305 e. The van der Waals surface area contributed by atoms with E-state index in [4.69, 9.17) is 9.84 Å². The van der Waals surface area contributed by atoms with Gasteiger partial charge in [-0.05, 0) is 0 Å². The van der Waals surface area contributed by atoms with Crippen molar-refractivity contribution in [1.29, 1.82) is 0 Å². The molecule has 15 heavy (non-hydrogen) atoms. The van der Waals surface area contributed by atoms with E-state index in [-0.39, 0.29) is 0 Å². The molecule has 0 aromatic heterocycles. The molecule has 0 aromatic rings. The molecular formula is C8H13FO6. The number of halogens is 1. The predicted octanol–water partition coefficient (Wildman–Crippen LogP) is -1.67. The van der Waals surface area contributed by atoms with Crippen molar-refractivity contribution in [1.82, 2.24) is 0 Å². The standard InChI is InChI=1S/C8H13FO6/c1-3(11)14-8-5(9)7(13)6(12)4(2-10)15-8/h4-8,10,12-13H,2H2,1H3/t4-,5+,6+,7-,8+/m1/s1. The molecule has 1 aliphatic heterocycles. The lowest BCUT2D eigenvalue weighted by atomic mass is 10.0. The van der Waals surface area contributed by atoms with Crippen LogP contribution in [0, 0.1) is 0 Å². The fourth-order valence-corrected chi connectivity index (χ4v) is 1.30. The van der Waals surface area contributed by atoms with E-state index in [9.17, 15) is 19.4 Å². The zero-order valence-electron chi connectivity index (χ0n) is 8.04. The number of rotatable bonds is 2. The van der Waals surface area contributed by atoms with Crippen molar-refractivity contribution in [3.63, 3.8) is 0 Å². The van der Waals surface area contributed by atoms with Crippen LogP contribution in [0.2, 0.25) is 0 Å². The molecule has 1 saturated heterocycles. The van der Waals surface area contributed by atoms with Crippen LogP contribution in [0.1, 0.15) is 6.92 Å². The summed E-state index contributed by atoms with van der Waals surface area (Å²) < 4.78 is 22.5. The van der Waals surface area contributed by atoms with Gasteiger partial charge in [0.25, 0.3) is 0 Å². The average molecular weight is 224 g/mol. The van der Waals surface area contributed by atoms with Gasteiger partial charge in [-0.15, -0.1) is 0 Å². The minimum atomic E-state index is -2.04. The fourth-order valence-electron chi connectivity index (χ4n) is 1.30. The summed E-state index contributed by atoms with van der Waals surface area (Å²) in [6.45, 7) is 0.449. The van der Waals surface area contributed by atoms with Crippen LogP contribution >= 0.6 is 0 Å². The number of esters is 1. The molecule has 0 bridgehead atoms. The molecular weight excluding hydrogens is 211 g/mol. The Balaban J connectivity index is 2.69. The molecule has 88 valence electrons. The molecule has 1 rings (SSSR count). The van der Waals surface area contributed by atoms with Gasteiger partial charge in [-0.25, -0.2) is 4.39 Å². The van der Waals surface area contributed by atoms with Crippen LogP contribution in [-0.4, -0.2) is 58.7 Å². The molecule has 0 saturated carbocycles. The topological polar surface area (TPSA) is 96.2 Å². The Hall–Kier alpha value is -0.760. The molecule has 5 atom stereocenters.